The fourth-order valence-corrected chi connectivity index (χ4v) is 3.22. The van der Waals surface area contributed by atoms with Crippen molar-refractivity contribution in [2.45, 2.75) is 27.2 Å². The van der Waals surface area contributed by atoms with Crippen molar-refractivity contribution in [2.24, 2.45) is 5.41 Å². The first-order chi connectivity index (χ1) is 10.8. The minimum Gasteiger partial charge on any atom is -0.465 e. The van der Waals surface area contributed by atoms with Gasteiger partial charge in [0.05, 0.1) is 12.7 Å². The molecule has 0 fully saturated rings. The molecule has 2 aromatic rings. The van der Waals surface area contributed by atoms with Crippen molar-refractivity contribution >= 4 is 28.2 Å². The fourth-order valence-electron chi connectivity index (χ4n) is 2.33. The maximum Gasteiger partial charge on any atom is 0.340 e. The van der Waals surface area contributed by atoms with Gasteiger partial charge in [-0.05, 0) is 25.0 Å². The van der Waals surface area contributed by atoms with Crippen molar-refractivity contribution in [1.29, 1.82) is 0 Å². The van der Waals surface area contributed by atoms with Crippen LogP contribution in [0.3, 0.4) is 0 Å². The average molecular weight is 331 g/mol. The van der Waals surface area contributed by atoms with Crippen LogP contribution in [0.25, 0.3) is 0 Å². The minimum absolute atomic E-state index is 0.117. The van der Waals surface area contributed by atoms with E-state index in [1.807, 2.05) is 51.1 Å². The van der Waals surface area contributed by atoms with E-state index in [1.54, 1.807) is 6.07 Å². The maximum absolute atomic E-state index is 12.7. The normalized spacial score (nSPS) is 11.1. The Bertz CT molecular complexity index is 704. The van der Waals surface area contributed by atoms with E-state index < -0.39 is 11.4 Å². The lowest BCUT2D eigenvalue weighted by Gasteiger charge is -2.23. The number of hydrogen-bond acceptors (Lipinski definition) is 4. The van der Waals surface area contributed by atoms with Gasteiger partial charge in [-0.2, -0.15) is 0 Å². The van der Waals surface area contributed by atoms with Gasteiger partial charge < -0.3 is 10.1 Å². The molecule has 4 nitrogen and oxygen atoms in total. The van der Waals surface area contributed by atoms with Gasteiger partial charge in [-0.15, -0.1) is 11.3 Å². The Morgan fingerprint density at radius 2 is 1.87 bits per heavy atom. The van der Waals surface area contributed by atoms with Crippen LogP contribution in [-0.2, 0) is 16.0 Å². The highest BCUT2D eigenvalue weighted by molar-refractivity contribution is 7.16. The van der Waals surface area contributed by atoms with Crippen molar-refractivity contribution < 1.29 is 14.3 Å². The number of benzene rings is 1. The Morgan fingerprint density at radius 3 is 2.48 bits per heavy atom. The molecule has 122 valence electrons. The average Bonchev–Trinajstić information content (AvgIpc) is 2.87. The minimum atomic E-state index is -0.591. The predicted octanol–water partition coefficient (Wildman–Crippen LogP) is 4.05. The van der Waals surface area contributed by atoms with Gasteiger partial charge in [-0.3, -0.25) is 4.79 Å². The molecule has 1 heterocycles. The summed E-state index contributed by atoms with van der Waals surface area (Å²) in [6.07, 6.45) is 0.623. The zero-order valence-electron chi connectivity index (χ0n) is 13.8. The smallest absolute Gasteiger partial charge is 0.340 e. The number of carbonyl (C=O) groups is 2. The van der Waals surface area contributed by atoms with E-state index in [4.69, 9.17) is 4.74 Å². The third-order valence-corrected chi connectivity index (χ3v) is 4.56. The molecule has 5 heteroatoms. The molecule has 1 aromatic carbocycles. The van der Waals surface area contributed by atoms with Gasteiger partial charge in [0, 0.05) is 10.3 Å². The fraction of sp³-hybridized carbons (Fsp3) is 0.333. The quantitative estimate of drug-likeness (QED) is 0.841. The van der Waals surface area contributed by atoms with Gasteiger partial charge in [-0.1, -0.05) is 44.2 Å². The second kappa shape index (κ2) is 6.96. The molecule has 0 bridgehead atoms. The number of anilines is 1. The topological polar surface area (TPSA) is 55.4 Å². The number of amides is 1. The molecule has 0 aliphatic carbocycles. The van der Waals surface area contributed by atoms with Gasteiger partial charge in [0.1, 0.15) is 5.00 Å². The molecule has 0 saturated carbocycles. The summed E-state index contributed by atoms with van der Waals surface area (Å²) in [7, 11) is 1.33. The zero-order chi connectivity index (χ0) is 17.0. The number of aryl methyl sites for hydroxylation is 1. The van der Waals surface area contributed by atoms with E-state index in [1.165, 1.54) is 18.4 Å². The highest BCUT2D eigenvalue weighted by Crippen LogP contribution is 2.31. The lowest BCUT2D eigenvalue weighted by molar-refractivity contribution is -0.123. The van der Waals surface area contributed by atoms with Crippen LogP contribution < -0.4 is 5.32 Å². The first-order valence-electron chi connectivity index (χ1n) is 7.37. The summed E-state index contributed by atoms with van der Waals surface area (Å²) in [5.41, 5.74) is 0.911. The van der Waals surface area contributed by atoms with E-state index in [2.05, 4.69) is 5.32 Å². The molecule has 1 amide bonds. The van der Waals surface area contributed by atoms with E-state index in [0.29, 0.717) is 17.0 Å². The molecule has 0 aliphatic heterocycles. The molecule has 23 heavy (non-hydrogen) atoms. The molecule has 0 spiro atoms. The first-order valence-corrected chi connectivity index (χ1v) is 8.19. The maximum atomic E-state index is 12.7. The van der Waals surface area contributed by atoms with Crippen molar-refractivity contribution in [3.05, 3.63) is 52.4 Å². The lowest BCUT2D eigenvalue weighted by atomic mass is 9.85. The predicted molar refractivity (Wildman–Crippen MR) is 93.0 cm³/mol. The summed E-state index contributed by atoms with van der Waals surface area (Å²) < 4.78 is 4.77. The highest BCUT2D eigenvalue weighted by Gasteiger charge is 2.29. The molecule has 0 aliphatic rings. The Labute approximate surface area is 140 Å². The van der Waals surface area contributed by atoms with E-state index >= 15 is 0 Å². The molecule has 0 radical (unpaired) electrons. The van der Waals surface area contributed by atoms with Crippen LogP contribution in [-0.4, -0.2) is 19.0 Å². The second-order valence-corrected chi connectivity index (χ2v) is 7.35. The van der Waals surface area contributed by atoms with Crippen LogP contribution in [0, 0.1) is 12.3 Å². The zero-order valence-corrected chi connectivity index (χ0v) is 14.6. The molecule has 0 saturated heterocycles. The Kier molecular flexibility index (Phi) is 5.21. The van der Waals surface area contributed by atoms with Gasteiger partial charge >= 0.3 is 5.97 Å². The number of methoxy groups -OCH3 is 1. The molecular formula is C18H21NO3S. The van der Waals surface area contributed by atoms with Crippen LogP contribution >= 0.6 is 11.3 Å². The summed E-state index contributed by atoms with van der Waals surface area (Å²) >= 11 is 1.38. The number of nitrogens with one attached hydrogen (secondary N) is 1. The molecule has 2 rings (SSSR count). The Morgan fingerprint density at radius 1 is 1.22 bits per heavy atom. The molecular weight excluding hydrogens is 310 g/mol. The third-order valence-electron chi connectivity index (χ3n) is 3.59. The van der Waals surface area contributed by atoms with Gasteiger partial charge in [0.25, 0.3) is 0 Å². The lowest BCUT2D eigenvalue weighted by Crippen LogP contribution is -2.32. The number of rotatable bonds is 5. The summed E-state index contributed by atoms with van der Waals surface area (Å²) in [6.45, 7) is 5.68. The monoisotopic (exact) mass is 331 g/mol. The number of hydrogen-bond donors (Lipinski definition) is 1. The van der Waals surface area contributed by atoms with Crippen molar-refractivity contribution in [1.82, 2.24) is 0 Å². The van der Waals surface area contributed by atoms with Crippen molar-refractivity contribution in [3.63, 3.8) is 0 Å². The molecule has 0 atom stereocenters. The first kappa shape index (κ1) is 17.2. The summed E-state index contributed by atoms with van der Waals surface area (Å²) in [4.78, 5) is 25.4. The van der Waals surface area contributed by atoms with Crippen LogP contribution in [0.15, 0.2) is 36.4 Å². The van der Waals surface area contributed by atoms with Gasteiger partial charge in [0.2, 0.25) is 5.91 Å². The Balaban J connectivity index is 2.16. The SMILES string of the molecule is COC(=O)c1cc(C)sc1NC(=O)C(C)(C)Cc1ccccc1. The van der Waals surface area contributed by atoms with Crippen molar-refractivity contribution in [3.8, 4) is 0 Å². The molecule has 1 N–H and O–H groups in total. The van der Waals surface area contributed by atoms with Gasteiger partial charge in [-0.25, -0.2) is 4.79 Å². The largest absolute Gasteiger partial charge is 0.465 e. The highest BCUT2D eigenvalue weighted by atomic mass is 32.1. The number of thiophene rings is 1. The third kappa shape index (κ3) is 4.20. The van der Waals surface area contributed by atoms with Gasteiger partial charge in [0.15, 0.2) is 0 Å². The van der Waals surface area contributed by atoms with Crippen LogP contribution in [0.4, 0.5) is 5.00 Å². The van der Waals surface area contributed by atoms with E-state index in [-0.39, 0.29) is 5.91 Å². The number of esters is 1. The summed E-state index contributed by atoms with van der Waals surface area (Å²) in [5.74, 6) is -0.557. The summed E-state index contributed by atoms with van der Waals surface area (Å²) in [5, 5.41) is 3.43. The van der Waals surface area contributed by atoms with Crippen LogP contribution in [0.1, 0.15) is 34.6 Å². The van der Waals surface area contributed by atoms with E-state index in [9.17, 15) is 9.59 Å². The summed E-state index contributed by atoms with van der Waals surface area (Å²) in [6, 6.07) is 11.6. The van der Waals surface area contributed by atoms with Crippen LogP contribution in [0.2, 0.25) is 0 Å². The van der Waals surface area contributed by atoms with Crippen LogP contribution in [0.5, 0.6) is 0 Å². The number of ether oxygens (including phenoxy) is 1. The van der Waals surface area contributed by atoms with Crippen molar-refractivity contribution in [2.75, 3.05) is 12.4 Å². The second-order valence-electron chi connectivity index (χ2n) is 6.09. The Hall–Kier alpha value is -2.14. The molecule has 1 aromatic heterocycles. The standard InChI is InChI=1S/C18H21NO3S/c1-12-10-14(16(20)22-4)15(23-12)19-17(21)18(2,3)11-13-8-6-5-7-9-13/h5-10H,11H2,1-4H3,(H,19,21). The molecule has 0 unspecified atom stereocenters. The van der Waals surface area contributed by atoms with E-state index in [0.717, 1.165) is 10.4 Å². The number of carbonyl (C=O) groups excluding carboxylic acids is 2.